The van der Waals surface area contributed by atoms with E-state index in [-0.39, 0.29) is 0 Å². The van der Waals surface area contributed by atoms with E-state index >= 15 is 0 Å². The molecule has 0 radical (unpaired) electrons. The molecule has 0 saturated carbocycles. The molecule has 0 unspecified atom stereocenters. The molecule has 1 aromatic rings. The molecule has 0 amide bonds. The van der Waals surface area contributed by atoms with Crippen molar-refractivity contribution in [3.05, 3.63) is 6.07 Å². The summed E-state index contributed by atoms with van der Waals surface area (Å²) in [6.45, 7) is 0. The maximum atomic E-state index is 5.16. The summed E-state index contributed by atoms with van der Waals surface area (Å²) in [7, 11) is 4.65. The number of benzene rings is 1. The van der Waals surface area contributed by atoms with Gasteiger partial charge in [0, 0.05) is 4.90 Å². The van der Waals surface area contributed by atoms with Crippen LogP contribution in [0.5, 0.6) is 17.2 Å². The Balaban J connectivity index is 3.42. The van der Waals surface area contributed by atoms with Crippen LogP contribution in [0.25, 0.3) is 0 Å². The average molecular weight is 232 g/mol. The lowest BCUT2D eigenvalue weighted by molar-refractivity contribution is 0.317. The van der Waals surface area contributed by atoms with Gasteiger partial charge in [-0.15, -0.1) is 25.3 Å². The van der Waals surface area contributed by atoms with Crippen LogP contribution in [0, 0.1) is 0 Å². The lowest BCUT2D eigenvalue weighted by Gasteiger charge is -2.14. The van der Waals surface area contributed by atoms with Crippen LogP contribution in [0.15, 0.2) is 15.9 Å². The second-order valence-electron chi connectivity index (χ2n) is 2.51. The number of thiol groups is 2. The third-order valence-corrected chi connectivity index (χ3v) is 2.76. The first-order valence-electron chi connectivity index (χ1n) is 3.86. The Labute approximate surface area is 94.2 Å². The Bertz CT molecular complexity index is 339. The lowest BCUT2D eigenvalue weighted by Crippen LogP contribution is -1.96. The van der Waals surface area contributed by atoms with Gasteiger partial charge in [-0.25, -0.2) is 0 Å². The molecule has 5 heteroatoms. The van der Waals surface area contributed by atoms with E-state index in [1.807, 2.05) is 0 Å². The number of hydrogen-bond donors (Lipinski definition) is 2. The third-order valence-electron chi connectivity index (χ3n) is 1.78. The molecular formula is C9H12O3S2. The van der Waals surface area contributed by atoms with Gasteiger partial charge >= 0.3 is 0 Å². The van der Waals surface area contributed by atoms with Crippen molar-refractivity contribution in [1.82, 2.24) is 0 Å². The van der Waals surface area contributed by atoms with E-state index in [9.17, 15) is 0 Å². The Morgan fingerprint density at radius 1 is 0.929 bits per heavy atom. The molecular weight excluding hydrogens is 220 g/mol. The van der Waals surface area contributed by atoms with Crippen molar-refractivity contribution in [3.8, 4) is 17.2 Å². The summed E-state index contributed by atoms with van der Waals surface area (Å²) in [5.41, 5.74) is 0. The fraction of sp³-hybridized carbons (Fsp3) is 0.333. The van der Waals surface area contributed by atoms with Gasteiger partial charge in [-0.1, -0.05) is 0 Å². The van der Waals surface area contributed by atoms with E-state index in [2.05, 4.69) is 25.3 Å². The zero-order valence-corrected chi connectivity index (χ0v) is 9.99. The molecule has 0 spiro atoms. The molecule has 0 fully saturated rings. The maximum absolute atomic E-state index is 5.16. The summed E-state index contributed by atoms with van der Waals surface area (Å²) in [5, 5.41) is 0. The molecule has 1 rings (SSSR count). The van der Waals surface area contributed by atoms with Gasteiger partial charge in [0.1, 0.15) is 0 Å². The standard InChI is InChI=1S/C9H12O3S2/c1-10-5-4-6(13)9(14)8(12-3)7(5)11-2/h4,13-14H,1-3H3. The van der Waals surface area contributed by atoms with Gasteiger partial charge in [-0.3, -0.25) is 0 Å². The largest absolute Gasteiger partial charge is 0.493 e. The molecule has 0 aliphatic heterocycles. The predicted molar refractivity (Wildman–Crippen MR) is 60.6 cm³/mol. The molecule has 0 N–H and O–H groups in total. The Morgan fingerprint density at radius 3 is 1.93 bits per heavy atom. The van der Waals surface area contributed by atoms with Crippen LogP contribution in [0.1, 0.15) is 0 Å². The Kier molecular flexibility index (Phi) is 3.83. The number of rotatable bonds is 3. The molecule has 78 valence electrons. The second kappa shape index (κ2) is 4.70. The van der Waals surface area contributed by atoms with E-state index < -0.39 is 0 Å². The minimum atomic E-state index is 0.526. The van der Waals surface area contributed by atoms with Gasteiger partial charge in [0.05, 0.1) is 26.2 Å². The van der Waals surface area contributed by atoms with Gasteiger partial charge in [-0.05, 0) is 6.07 Å². The first-order chi connectivity index (χ1) is 6.65. The molecule has 0 atom stereocenters. The number of hydrogen-bond acceptors (Lipinski definition) is 5. The Morgan fingerprint density at radius 2 is 1.50 bits per heavy atom. The van der Waals surface area contributed by atoms with E-state index in [1.165, 1.54) is 0 Å². The zero-order valence-electron chi connectivity index (χ0n) is 8.20. The SMILES string of the molecule is COc1cc(S)c(S)c(OC)c1OC. The highest BCUT2D eigenvalue weighted by atomic mass is 32.1. The van der Waals surface area contributed by atoms with Crippen LogP contribution < -0.4 is 14.2 Å². The van der Waals surface area contributed by atoms with Gasteiger partial charge in [-0.2, -0.15) is 0 Å². The molecule has 1 aromatic carbocycles. The normalized spacial score (nSPS) is 9.79. The van der Waals surface area contributed by atoms with Gasteiger partial charge in [0.15, 0.2) is 11.5 Å². The summed E-state index contributed by atoms with van der Waals surface area (Å²) in [5.74, 6) is 1.63. The highest BCUT2D eigenvalue weighted by molar-refractivity contribution is 7.83. The molecule has 0 heterocycles. The lowest BCUT2D eigenvalue weighted by atomic mass is 10.3. The van der Waals surface area contributed by atoms with Crippen LogP contribution in [-0.4, -0.2) is 21.3 Å². The van der Waals surface area contributed by atoms with E-state index in [1.54, 1.807) is 27.4 Å². The van der Waals surface area contributed by atoms with Gasteiger partial charge in [0.2, 0.25) is 5.75 Å². The number of ether oxygens (including phenoxy) is 3. The fourth-order valence-electron chi connectivity index (χ4n) is 1.13. The van der Waals surface area contributed by atoms with Crippen LogP contribution in [0.2, 0.25) is 0 Å². The average Bonchev–Trinajstić information content (AvgIpc) is 2.20. The highest BCUT2D eigenvalue weighted by Gasteiger charge is 2.16. The molecule has 0 saturated heterocycles. The summed E-state index contributed by atoms with van der Waals surface area (Å²) in [4.78, 5) is 1.32. The molecule has 3 nitrogen and oxygen atoms in total. The molecule has 0 aliphatic rings. The minimum Gasteiger partial charge on any atom is -0.493 e. The quantitative estimate of drug-likeness (QED) is 0.783. The monoisotopic (exact) mass is 232 g/mol. The first-order valence-corrected chi connectivity index (χ1v) is 4.76. The minimum absolute atomic E-state index is 0.526. The topological polar surface area (TPSA) is 27.7 Å². The molecule has 0 bridgehead atoms. The summed E-state index contributed by atoms with van der Waals surface area (Å²) >= 11 is 8.50. The van der Waals surface area contributed by atoms with E-state index in [4.69, 9.17) is 14.2 Å². The smallest absolute Gasteiger partial charge is 0.204 e. The third kappa shape index (κ3) is 1.88. The van der Waals surface area contributed by atoms with Crippen molar-refractivity contribution in [2.75, 3.05) is 21.3 Å². The van der Waals surface area contributed by atoms with E-state index in [0.29, 0.717) is 27.0 Å². The predicted octanol–water partition coefficient (Wildman–Crippen LogP) is 2.29. The van der Waals surface area contributed by atoms with E-state index in [0.717, 1.165) is 0 Å². The second-order valence-corrected chi connectivity index (χ2v) is 3.44. The van der Waals surface area contributed by atoms with Crippen molar-refractivity contribution in [1.29, 1.82) is 0 Å². The highest BCUT2D eigenvalue weighted by Crippen LogP contribution is 2.44. The van der Waals surface area contributed by atoms with Crippen molar-refractivity contribution >= 4 is 25.3 Å². The van der Waals surface area contributed by atoms with Crippen LogP contribution in [0.4, 0.5) is 0 Å². The Hall–Kier alpha value is -0.680. The van der Waals surface area contributed by atoms with Crippen LogP contribution in [-0.2, 0) is 0 Å². The van der Waals surface area contributed by atoms with Crippen LogP contribution >= 0.6 is 25.3 Å². The van der Waals surface area contributed by atoms with Gasteiger partial charge in [0.25, 0.3) is 0 Å². The molecule has 0 aliphatic carbocycles. The van der Waals surface area contributed by atoms with Crippen molar-refractivity contribution in [2.24, 2.45) is 0 Å². The molecule has 14 heavy (non-hydrogen) atoms. The molecule has 0 aromatic heterocycles. The fourth-order valence-corrected chi connectivity index (χ4v) is 1.60. The summed E-state index contributed by atoms with van der Waals surface area (Å²) in [6.07, 6.45) is 0. The van der Waals surface area contributed by atoms with Gasteiger partial charge < -0.3 is 14.2 Å². The van der Waals surface area contributed by atoms with Crippen molar-refractivity contribution in [3.63, 3.8) is 0 Å². The van der Waals surface area contributed by atoms with Crippen molar-refractivity contribution < 1.29 is 14.2 Å². The van der Waals surface area contributed by atoms with Crippen LogP contribution in [0.3, 0.4) is 0 Å². The summed E-state index contributed by atoms with van der Waals surface area (Å²) in [6, 6.07) is 1.73. The van der Waals surface area contributed by atoms with Crippen molar-refractivity contribution in [2.45, 2.75) is 9.79 Å². The first kappa shape index (κ1) is 11.4. The number of methoxy groups -OCH3 is 3. The zero-order chi connectivity index (χ0) is 10.7. The maximum Gasteiger partial charge on any atom is 0.204 e. The summed E-state index contributed by atoms with van der Waals surface area (Å²) < 4.78 is 15.4.